The van der Waals surface area contributed by atoms with Gasteiger partial charge in [-0.15, -0.1) is 0 Å². The number of anilines is 1. The molecule has 1 fully saturated rings. The lowest BCUT2D eigenvalue weighted by atomic mass is 10.2. The Balaban J connectivity index is 1.36. The van der Waals surface area contributed by atoms with E-state index < -0.39 is 6.10 Å². The zero-order chi connectivity index (χ0) is 19.1. The van der Waals surface area contributed by atoms with Crippen LogP contribution in [0.5, 0.6) is 5.75 Å². The van der Waals surface area contributed by atoms with Crippen LogP contribution < -0.4 is 9.64 Å². The van der Waals surface area contributed by atoms with E-state index in [9.17, 15) is 9.50 Å². The SMILES string of the molecule is COc1cccc(COCC(O)CN2CCN(c3ccc(F)cc3)CC2)c1. The number of ether oxygens (including phenoxy) is 2. The van der Waals surface area contributed by atoms with Crippen molar-refractivity contribution in [3.63, 3.8) is 0 Å². The van der Waals surface area contributed by atoms with Gasteiger partial charge >= 0.3 is 0 Å². The van der Waals surface area contributed by atoms with Crippen LogP contribution in [0.4, 0.5) is 10.1 Å². The molecule has 1 aliphatic heterocycles. The number of aliphatic hydroxyl groups is 1. The van der Waals surface area contributed by atoms with E-state index in [1.165, 1.54) is 12.1 Å². The third-order valence-electron chi connectivity index (χ3n) is 4.75. The van der Waals surface area contributed by atoms with Crippen LogP contribution in [-0.2, 0) is 11.3 Å². The quantitative estimate of drug-likeness (QED) is 0.769. The Morgan fingerprint density at radius 2 is 1.81 bits per heavy atom. The highest BCUT2D eigenvalue weighted by Crippen LogP contribution is 2.17. The summed E-state index contributed by atoms with van der Waals surface area (Å²) < 4.78 is 23.9. The van der Waals surface area contributed by atoms with Crippen molar-refractivity contribution in [2.45, 2.75) is 12.7 Å². The predicted molar refractivity (Wildman–Crippen MR) is 104 cm³/mol. The van der Waals surface area contributed by atoms with E-state index in [2.05, 4.69) is 9.80 Å². The van der Waals surface area contributed by atoms with Gasteiger partial charge in [-0.25, -0.2) is 4.39 Å². The molecule has 0 amide bonds. The predicted octanol–water partition coefficient (Wildman–Crippen LogP) is 2.53. The number of hydrogen-bond acceptors (Lipinski definition) is 5. The Bertz CT molecular complexity index is 703. The van der Waals surface area contributed by atoms with Crippen molar-refractivity contribution >= 4 is 5.69 Å². The Hall–Kier alpha value is -2.15. The Labute approximate surface area is 159 Å². The fraction of sp³-hybridized carbons (Fsp3) is 0.429. The standard InChI is InChI=1S/C21H27FN2O3/c1-26-21-4-2-3-17(13-21)15-27-16-20(25)14-23-9-11-24(12-10-23)19-7-5-18(22)6-8-19/h2-8,13,20,25H,9-12,14-16H2,1H3. The summed E-state index contributed by atoms with van der Waals surface area (Å²) in [6, 6.07) is 14.3. The summed E-state index contributed by atoms with van der Waals surface area (Å²) in [5.74, 6) is 0.588. The van der Waals surface area contributed by atoms with Gasteiger partial charge in [-0.1, -0.05) is 12.1 Å². The van der Waals surface area contributed by atoms with Crippen LogP contribution >= 0.6 is 0 Å². The molecule has 1 N–H and O–H groups in total. The Morgan fingerprint density at radius 3 is 2.52 bits per heavy atom. The molecule has 1 saturated heterocycles. The monoisotopic (exact) mass is 374 g/mol. The van der Waals surface area contributed by atoms with Crippen LogP contribution in [0, 0.1) is 5.82 Å². The summed E-state index contributed by atoms with van der Waals surface area (Å²) in [5.41, 5.74) is 2.06. The van der Waals surface area contributed by atoms with Crippen LogP contribution in [0.25, 0.3) is 0 Å². The van der Waals surface area contributed by atoms with Gasteiger partial charge in [0.1, 0.15) is 11.6 Å². The molecule has 0 spiro atoms. The first kappa shape index (κ1) is 19.6. The number of halogens is 1. The molecule has 3 rings (SSSR count). The average molecular weight is 374 g/mol. The molecule has 0 aliphatic carbocycles. The minimum absolute atomic E-state index is 0.213. The van der Waals surface area contributed by atoms with Gasteiger partial charge in [0.15, 0.2) is 0 Å². The molecule has 5 nitrogen and oxygen atoms in total. The highest BCUT2D eigenvalue weighted by Gasteiger charge is 2.19. The summed E-state index contributed by atoms with van der Waals surface area (Å²) in [6.07, 6.45) is -0.520. The van der Waals surface area contributed by atoms with Crippen LogP contribution in [-0.4, -0.2) is 62.6 Å². The van der Waals surface area contributed by atoms with Gasteiger partial charge in [0.25, 0.3) is 0 Å². The zero-order valence-corrected chi connectivity index (χ0v) is 15.7. The number of hydrogen-bond donors (Lipinski definition) is 1. The minimum atomic E-state index is -0.520. The maximum Gasteiger partial charge on any atom is 0.123 e. The zero-order valence-electron chi connectivity index (χ0n) is 15.7. The molecule has 0 radical (unpaired) electrons. The van der Waals surface area contributed by atoms with Crippen molar-refractivity contribution in [1.29, 1.82) is 0 Å². The third-order valence-corrected chi connectivity index (χ3v) is 4.75. The highest BCUT2D eigenvalue weighted by molar-refractivity contribution is 5.46. The number of nitrogens with zero attached hydrogens (tertiary/aromatic N) is 2. The van der Waals surface area contributed by atoms with Gasteiger partial charge in [-0.3, -0.25) is 4.90 Å². The molecule has 1 atom stereocenters. The van der Waals surface area contributed by atoms with Gasteiger partial charge in [0.2, 0.25) is 0 Å². The molecular weight excluding hydrogens is 347 g/mol. The number of rotatable bonds is 8. The van der Waals surface area contributed by atoms with Gasteiger partial charge in [0.05, 0.1) is 26.4 Å². The summed E-state index contributed by atoms with van der Waals surface area (Å²) in [7, 11) is 1.64. The molecule has 0 bridgehead atoms. The molecule has 0 saturated carbocycles. The van der Waals surface area contributed by atoms with Crippen molar-refractivity contribution in [2.75, 3.05) is 51.3 Å². The van der Waals surface area contributed by atoms with E-state index in [0.29, 0.717) is 19.8 Å². The first-order valence-electron chi connectivity index (χ1n) is 9.25. The summed E-state index contributed by atoms with van der Waals surface area (Å²) in [6.45, 7) is 4.80. The lowest BCUT2D eigenvalue weighted by Gasteiger charge is -2.36. The second-order valence-corrected chi connectivity index (χ2v) is 6.78. The largest absolute Gasteiger partial charge is 0.497 e. The molecule has 6 heteroatoms. The summed E-state index contributed by atoms with van der Waals surface area (Å²) >= 11 is 0. The van der Waals surface area contributed by atoms with E-state index >= 15 is 0 Å². The Morgan fingerprint density at radius 1 is 1.07 bits per heavy atom. The van der Waals surface area contributed by atoms with Crippen LogP contribution in [0.3, 0.4) is 0 Å². The fourth-order valence-corrected chi connectivity index (χ4v) is 3.27. The molecule has 1 aliphatic rings. The normalized spacial score (nSPS) is 16.3. The van der Waals surface area contributed by atoms with Crippen LogP contribution in [0.2, 0.25) is 0 Å². The second-order valence-electron chi connectivity index (χ2n) is 6.78. The number of piperazine rings is 1. The summed E-state index contributed by atoms with van der Waals surface area (Å²) in [5, 5.41) is 10.2. The molecule has 2 aromatic carbocycles. The van der Waals surface area contributed by atoms with Gasteiger partial charge < -0.3 is 19.5 Å². The highest BCUT2D eigenvalue weighted by atomic mass is 19.1. The minimum Gasteiger partial charge on any atom is -0.497 e. The molecule has 146 valence electrons. The van der Waals surface area contributed by atoms with Crippen LogP contribution in [0.1, 0.15) is 5.56 Å². The maximum atomic E-state index is 13.0. The van der Waals surface area contributed by atoms with E-state index in [0.717, 1.165) is 43.2 Å². The van der Waals surface area contributed by atoms with Crippen LogP contribution in [0.15, 0.2) is 48.5 Å². The lowest BCUT2D eigenvalue weighted by molar-refractivity contribution is 0.00910. The fourth-order valence-electron chi connectivity index (χ4n) is 3.27. The topological polar surface area (TPSA) is 45.2 Å². The maximum absolute atomic E-state index is 13.0. The van der Waals surface area contributed by atoms with E-state index in [1.807, 2.05) is 36.4 Å². The van der Waals surface area contributed by atoms with Crippen molar-refractivity contribution < 1.29 is 19.0 Å². The summed E-state index contributed by atoms with van der Waals surface area (Å²) in [4.78, 5) is 4.47. The first-order valence-corrected chi connectivity index (χ1v) is 9.25. The first-order chi connectivity index (χ1) is 13.1. The smallest absolute Gasteiger partial charge is 0.123 e. The second kappa shape index (κ2) is 9.69. The number of β-amino-alcohol motifs (C(OH)–C–C–N with tert-alkyl or cyclic N) is 1. The molecule has 1 unspecified atom stereocenters. The van der Waals surface area contributed by atoms with Crippen molar-refractivity contribution in [3.8, 4) is 5.75 Å². The average Bonchev–Trinajstić information content (AvgIpc) is 2.69. The molecule has 2 aromatic rings. The number of benzene rings is 2. The molecule has 0 aromatic heterocycles. The Kier molecular flexibility index (Phi) is 7.04. The number of methoxy groups -OCH3 is 1. The van der Waals surface area contributed by atoms with Crippen molar-refractivity contribution in [2.24, 2.45) is 0 Å². The van der Waals surface area contributed by atoms with Gasteiger partial charge in [0, 0.05) is 38.4 Å². The lowest BCUT2D eigenvalue weighted by Crippen LogP contribution is -2.49. The van der Waals surface area contributed by atoms with Gasteiger partial charge in [-0.05, 0) is 42.0 Å². The molecule has 1 heterocycles. The third kappa shape index (κ3) is 5.92. The van der Waals surface area contributed by atoms with E-state index in [-0.39, 0.29) is 5.82 Å². The molecule has 27 heavy (non-hydrogen) atoms. The number of aliphatic hydroxyl groups excluding tert-OH is 1. The molecular formula is C21H27FN2O3. The van der Waals surface area contributed by atoms with Crippen molar-refractivity contribution in [1.82, 2.24) is 4.90 Å². The van der Waals surface area contributed by atoms with E-state index in [1.54, 1.807) is 7.11 Å². The van der Waals surface area contributed by atoms with Crippen molar-refractivity contribution in [3.05, 3.63) is 59.9 Å². The van der Waals surface area contributed by atoms with Gasteiger partial charge in [-0.2, -0.15) is 0 Å². The van der Waals surface area contributed by atoms with E-state index in [4.69, 9.17) is 9.47 Å².